The molecule has 0 aromatic heterocycles. The minimum Gasteiger partial charge on any atom is -0.273 e. The van der Waals surface area contributed by atoms with E-state index in [9.17, 15) is 18.5 Å². The average molecular weight is 384 g/mol. The van der Waals surface area contributed by atoms with Gasteiger partial charge in [-0.05, 0) is 43.2 Å². The van der Waals surface area contributed by atoms with E-state index < -0.39 is 14.7 Å². The van der Waals surface area contributed by atoms with Gasteiger partial charge in [0.25, 0.3) is 0 Å². The normalized spacial score (nSPS) is 16.5. The van der Waals surface area contributed by atoms with Crippen LogP contribution in [-0.4, -0.2) is 20.1 Å². The van der Waals surface area contributed by atoms with Crippen molar-refractivity contribution in [2.45, 2.75) is 18.7 Å². The van der Waals surface area contributed by atoms with Crippen LogP contribution in [0.4, 0.5) is 5.69 Å². The highest BCUT2D eigenvalue weighted by Crippen LogP contribution is 2.40. The van der Waals surface area contributed by atoms with Gasteiger partial charge < -0.3 is 0 Å². The molecule has 1 aliphatic heterocycles. The molecule has 0 N–H and O–H groups in total. The van der Waals surface area contributed by atoms with Gasteiger partial charge in [0.2, 0.25) is 15.7 Å². The second kappa shape index (κ2) is 6.98. The molecule has 0 saturated carbocycles. The molecule has 1 amide bonds. The zero-order valence-electron chi connectivity index (χ0n) is 14.3. The molecule has 1 fully saturated rings. The van der Waals surface area contributed by atoms with Crippen molar-refractivity contribution in [2.24, 2.45) is 0 Å². The molecule has 2 aromatic rings. The number of nitrogens with zero attached hydrogens (tertiary/aromatic N) is 2. The van der Waals surface area contributed by atoms with Crippen molar-refractivity contribution in [3.8, 4) is 6.07 Å². The number of carbonyl (C=O) groups is 1. The number of sulfone groups is 1. The average Bonchev–Trinajstić information content (AvgIpc) is 2.99. The van der Waals surface area contributed by atoms with Crippen molar-refractivity contribution in [1.29, 1.82) is 5.26 Å². The summed E-state index contributed by atoms with van der Waals surface area (Å²) in [6.07, 6.45) is 0. The van der Waals surface area contributed by atoms with Crippen LogP contribution in [0.25, 0.3) is 0 Å². The highest BCUT2D eigenvalue weighted by atomic mass is 32.2. The number of hydrogen-bond acceptors (Lipinski definition) is 5. The Bertz CT molecular complexity index is 1050. The van der Waals surface area contributed by atoms with Gasteiger partial charge in [0.15, 0.2) is 4.91 Å². The Morgan fingerprint density at radius 2 is 1.85 bits per heavy atom. The van der Waals surface area contributed by atoms with Gasteiger partial charge in [-0.3, -0.25) is 9.69 Å². The summed E-state index contributed by atoms with van der Waals surface area (Å²) in [7, 11) is -4.02. The maximum Gasteiger partial charge on any atom is 0.242 e. The lowest BCUT2D eigenvalue weighted by Gasteiger charge is -2.21. The van der Waals surface area contributed by atoms with Gasteiger partial charge >= 0.3 is 0 Å². The molecule has 0 radical (unpaired) electrons. The fraction of sp³-hybridized carbons (Fsp3) is 0.158. The van der Waals surface area contributed by atoms with Crippen molar-refractivity contribution < 1.29 is 13.2 Å². The standard InChI is InChI=1S/C19H16N2O3S2/c1-13-8-9-14(2)16(10-13)21-18(22)12-25-19(21)17(11-20)26(23,24)15-6-4-3-5-7-15/h3-10H,12H2,1-2H3/b19-17-. The van der Waals surface area contributed by atoms with E-state index in [2.05, 4.69) is 0 Å². The van der Waals surface area contributed by atoms with Crippen molar-refractivity contribution in [1.82, 2.24) is 0 Å². The van der Waals surface area contributed by atoms with E-state index in [1.54, 1.807) is 18.2 Å². The first-order valence-corrected chi connectivity index (χ1v) is 10.3. The van der Waals surface area contributed by atoms with E-state index in [4.69, 9.17) is 0 Å². The number of carbonyl (C=O) groups excluding carboxylic acids is 1. The van der Waals surface area contributed by atoms with Gasteiger partial charge in [-0.2, -0.15) is 5.26 Å². The highest BCUT2D eigenvalue weighted by molar-refractivity contribution is 8.05. The van der Waals surface area contributed by atoms with Crippen LogP contribution in [0.1, 0.15) is 11.1 Å². The van der Waals surface area contributed by atoms with E-state index >= 15 is 0 Å². The predicted octanol–water partition coefficient (Wildman–Crippen LogP) is 3.55. The largest absolute Gasteiger partial charge is 0.273 e. The minimum atomic E-state index is -4.02. The van der Waals surface area contributed by atoms with Crippen LogP contribution in [0.5, 0.6) is 0 Å². The van der Waals surface area contributed by atoms with Gasteiger partial charge in [0.05, 0.1) is 16.3 Å². The van der Waals surface area contributed by atoms with Crippen molar-refractivity contribution in [3.63, 3.8) is 0 Å². The molecule has 3 rings (SSSR count). The van der Waals surface area contributed by atoms with Crippen molar-refractivity contribution >= 4 is 33.2 Å². The number of amides is 1. The fourth-order valence-electron chi connectivity index (χ4n) is 2.68. The molecule has 0 atom stereocenters. The number of nitriles is 1. The van der Waals surface area contributed by atoms with Crippen molar-refractivity contribution in [2.75, 3.05) is 10.7 Å². The van der Waals surface area contributed by atoms with Crippen molar-refractivity contribution in [3.05, 3.63) is 69.6 Å². The summed E-state index contributed by atoms with van der Waals surface area (Å²) in [6.45, 7) is 3.74. The topological polar surface area (TPSA) is 78.2 Å². The lowest BCUT2D eigenvalue weighted by Crippen LogP contribution is -2.26. The SMILES string of the molecule is Cc1ccc(C)c(N2C(=O)CS/C2=C(/C#N)S(=O)(=O)c2ccccc2)c1. The summed E-state index contributed by atoms with van der Waals surface area (Å²) in [4.78, 5) is 13.5. The molecule has 2 aromatic carbocycles. The van der Waals surface area contributed by atoms with Gasteiger partial charge in [0, 0.05) is 0 Å². The molecule has 26 heavy (non-hydrogen) atoms. The minimum absolute atomic E-state index is 0.0323. The molecule has 0 spiro atoms. The Hall–Kier alpha value is -2.56. The molecule has 1 heterocycles. The Morgan fingerprint density at radius 3 is 2.50 bits per heavy atom. The van der Waals surface area contributed by atoms with Crippen LogP contribution >= 0.6 is 11.8 Å². The van der Waals surface area contributed by atoms with E-state index in [0.29, 0.717) is 5.69 Å². The predicted molar refractivity (Wildman–Crippen MR) is 102 cm³/mol. The summed E-state index contributed by atoms with van der Waals surface area (Å²) < 4.78 is 25.9. The van der Waals surface area contributed by atoms with E-state index in [0.717, 1.165) is 22.9 Å². The third-order valence-corrected chi connectivity index (χ3v) is 6.90. The highest BCUT2D eigenvalue weighted by Gasteiger charge is 2.36. The molecule has 132 valence electrons. The van der Waals surface area contributed by atoms with E-state index in [1.165, 1.54) is 17.0 Å². The number of benzene rings is 2. The Morgan fingerprint density at radius 1 is 1.15 bits per heavy atom. The number of aryl methyl sites for hydroxylation is 2. The molecule has 7 heteroatoms. The first-order valence-electron chi connectivity index (χ1n) is 7.84. The first kappa shape index (κ1) is 18.2. The van der Waals surface area contributed by atoms with Gasteiger partial charge in [0.1, 0.15) is 11.1 Å². The quantitative estimate of drug-likeness (QED) is 0.756. The zero-order valence-corrected chi connectivity index (χ0v) is 15.9. The van der Waals surface area contributed by atoms with Crippen LogP contribution in [0, 0.1) is 25.2 Å². The molecular formula is C19H16N2O3S2. The number of allylic oxidation sites excluding steroid dienone is 1. The van der Waals surface area contributed by atoms with Crippen LogP contribution in [0.2, 0.25) is 0 Å². The fourth-order valence-corrected chi connectivity index (χ4v) is 5.28. The lowest BCUT2D eigenvalue weighted by atomic mass is 10.1. The molecular weight excluding hydrogens is 368 g/mol. The Labute approximate surface area is 156 Å². The van der Waals surface area contributed by atoms with Gasteiger partial charge in [-0.15, -0.1) is 0 Å². The van der Waals surface area contributed by atoms with E-state index in [-0.39, 0.29) is 21.6 Å². The molecule has 5 nitrogen and oxygen atoms in total. The van der Waals surface area contributed by atoms with Crippen LogP contribution in [-0.2, 0) is 14.6 Å². The summed E-state index contributed by atoms with van der Waals surface area (Å²) in [5.41, 5.74) is 2.38. The van der Waals surface area contributed by atoms with Crippen LogP contribution < -0.4 is 4.90 Å². The summed E-state index contributed by atoms with van der Waals surface area (Å²) in [5.74, 6) is -0.146. The van der Waals surface area contributed by atoms with E-state index in [1.807, 2.05) is 38.1 Å². The first-order chi connectivity index (χ1) is 12.4. The number of hydrogen-bond donors (Lipinski definition) is 0. The van der Waals surface area contributed by atoms with Crippen LogP contribution in [0.15, 0.2) is 63.4 Å². The summed E-state index contributed by atoms with van der Waals surface area (Å²) in [5, 5.41) is 9.78. The van der Waals surface area contributed by atoms with Gasteiger partial charge in [-0.25, -0.2) is 8.42 Å². The number of rotatable bonds is 3. The Balaban J connectivity index is 2.23. The smallest absolute Gasteiger partial charge is 0.242 e. The maximum atomic E-state index is 13.0. The third-order valence-electron chi connectivity index (χ3n) is 4.01. The molecule has 0 unspecified atom stereocenters. The zero-order chi connectivity index (χ0) is 18.9. The summed E-state index contributed by atoms with van der Waals surface area (Å²) >= 11 is 1.08. The molecule has 0 aliphatic carbocycles. The van der Waals surface area contributed by atoms with Gasteiger partial charge in [-0.1, -0.05) is 42.1 Å². The third kappa shape index (κ3) is 3.14. The lowest BCUT2D eigenvalue weighted by molar-refractivity contribution is -0.115. The van der Waals surface area contributed by atoms with Crippen LogP contribution in [0.3, 0.4) is 0 Å². The monoisotopic (exact) mass is 384 g/mol. The Kier molecular flexibility index (Phi) is 4.90. The summed E-state index contributed by atoms with van der Waals surface area (Å²) in [6, 6.07) is 15.2. The second-order valence-corrected chi connectivity index (χ2v) is 8.72. The number of thioether (sulfide) groups is 1. The maximum absolute atomic E-state index is 13.0. The molecule has 0 bridgehead atoms. The number of anilines is 1. The molecule has 1 aliphatic rings. The second-order valence-electron chi connectivity index (χ2n) is 5.87. The molecule has 1 saturated heterocycles.